The van der Waals surface area contributed by atoms with Gasteiger partial charge in [0.25, 0.3) is 6.69 Å². The molecule has 0 nitrogen and oxygen atoms in total. The molecule has 0 rings (SSSR count). The van der Waals surface area contributed by atoms with Crippen LogP contribution < -0.4 is 0 Å². The molecule has 0 radical (unpaired) electrons. The van der Waals surface area contributed by atoms with E-state index in [9.17, 15) is 0 Å². The van der Waals surface area contributed by atoms with Gasteiger partial charge in [-0.3, -0.25) is 0 Å². The highest BCUT2D eigenvalue weighted by Gasteiger charge is 2.26. The van der Waals surface area contributed by atoms with Gasteiger partial charge in [-0.2, -0.15) is 0 Å². The average molecular weight is 466 g/mol. The molecule has 0 heterocycles. The van der Waals surface area contributed by atoms with E-state index in [0.29, 0.717) is 0 Å². The van der Waals surface area contributed by atoms with Crippen molar-refractivity contribution in [3.63, 3.8) is 0 Å². The second-order valence-electron chi connectivity index (χ2n) is 9.43. The third kappa shape index (κ3) is 24.9. The fraction of sp³-hybridized carbons (Fsp3) is 1.00. The minimum atomic E-state index is -1.93. The first-order valence-corrected chi connectivity index (χ1v) is 17.9. The Morgan fingerprint density at radius 1 is 0.345 bits per heavy atom. The summed E-state index contributed by atoms with van der Waals surface area (Å²) in [7, 11) is 0. The van der Waals surface area contributed by atoms with Crippen molar-refractivity contribution in [3.8, 4) is 0 Å². The van der Waals surface area contributed by atoms with Crippen molar-refractivity contribution in [2.75, 3.05) is 0 Å². The summed E-state index contributed by atoms with van der Waals surface area (Å²) in [5.74, 6) is 0. The van der Waals surface area contributed by atoms with E-state index in [2.05, 4.69) is 13.8 Å². The molecular weight excluding hydrogens is 411 g/mol. The quantitative estimate of drug-likeness (QED) is 0.0755. The standard InChI is InChI=1S/C26H54Cl2Si/c1-3-5-7-9-11-12-13-14-15-16-17-18-19-20-22-24-26-29(27,28)25-23-21-10-8-6-4-2/h3-26H2,1-2H3. The number of hydrogen-bond acceptors (Lipinski definition) is 0. The second-order valence-corrected chi connectivity index (χ2v) is 17.1. The van der Waals surface area contributed by atoms with Crippen LogP contribution in [0.15, 0.2) is 0 Å². The largest absolute Gasteiger partial charge is 0.251 e. The Hall–Kier alpha value is 0.797. The highest BCUT2D eigenvalue weighted by Crippen LogP contribution is 2.30. The van der Waals surface area contributed by atoms with Crippen molar-refractivity contribution < 1.29 is 0 Å². The fourth-order valence-corrected chi connectivity index (χ4v) is 7.61. The number of rotatable bonds is 24. The molecule has 0 bridgehead atoms. The van der Waals surface area contributed by atoms with E-state index in [4.69, 9.17) is 22.2 Å². The third-order valence-electron chi connectivity index (χ3n) is 6.29. The van der Waals surface area contributed by atoms with Gasteiger partial charge >= 0.3 is 0 Å². The predicted octanol–water partition coefficient (Wildman–Crippen LogP) is 11.5. The smallest absolute Gasteiger partial charge is 0.146 e. The summed E-state index contributed by atoms with van der Waals surface area (Å²) in [5.41, 5.74) is 0. The van der Waals surface area contributed by atoms with E-state index in [1.807, 2.05) is 0 Å². The minimum absolute atomic E-state index is 1.11. The molecule has 176 valence electrons. The Labute approximate surface area is 195 Å². The molecule has 0 aromatic carbocycles. The van der Waals surface area contributed by atoms with E-state index in [-0.39, 0.29) is 0 Å². The van der Waals surface area contributed by atoms with Crippen molar-refractivity contribution >= 4 is 28.9 Å². The molecule has 0 fully saturated rings. The molecule has 0 saturated heterocycles. The van der Waals surface area contributed by atoms with E-state index >= 15 is 0 Å². The van der Waals surface area contributed by atoms with Gasteiger partial charge in [0.15, 0.2) is 0 Å². The van der Waals surface area contributed by atoms with Gasteiger partial charge in [-0.05, 0) is 12.1 Å². The maximum absolute atomic E-state index is 6.65. The molecule has 0 aliphatic rings. The predicted molar refractivity (Wildman–Crippen MR) is 140 cm³/mol. The van der Waals surface area contributed by atoms with Gasteiger partial charge in [-0.1, -0.05) is 155 Å². The lowest BCUT2D eigenvalue weighted by molar-refractivity contribution is 0.531. The van der Waals surface area contributed by atoms with Gasteiger partial charge in [-0.25, -0.2) is 0 Å². The Balaban J connectivity index is 3.23. The van der Waals surface area contributed by atoms with Crippen LogP contribution in [0.5, 0.6) is 0 Å². The number of hydrogen-bond donors (Lipinski definition) is 0. The summed E-state index contributed by atoms with van der Waals surface area (Å²) in [4.78, 5) is 0. The summed E-state index contributed by atoms with van der Waals surface area (Å²) in [6.07, 6.45) is 30.8. The van der Waals surface area contributed by atoms with Gasteiger partial charge < -0.3 is 0 Å². The zero-order valence-electron chi connectivity index (χ0n) is 20.2. The molecule has 0 amide bonds. The monoisotopic (exact) mass is 464 g/mol. The molecule has 0 aromatic heterocycles. The first-order valence-electron chi connectivity index (χ1n) is 13.5. The van der Waals surface area contributed by atoms with E-state index < -0.39 is 6.69 Å². The zero-order chi connectivity index (χ0) is 21.5. The van der Waals surface area contributed by atoms with Crippen LogP contribution >= 0.6 is 22.2 Å². The minimum Gasteiger partial charge on any atom is -0.146 e. The van der Waals surface area contributed by atoms with Crippen LogP contribution in [-0.2, 0) is 0 Å². The lowest BCUT2D eigenvalue weighted by Gasteiger charge is -2.16. The number of halogens is 2. The molecule has 0 aliphatic heterocycles. The van der Waals surface area contributed by atoms with Gasteiger partial charge in [-0.15, -0.1) is 22.2 Å². The summed E-state index contributed by atoms with van der Waals surface area (Å²) < 4.78 is 0. The maximum Gasteiger partial charge on any atom is 0.251 e. The summed E-state index contributed by atoms with van der Waals surface area (Å²) >= 11 is 13.3. The molecule has 0 atom stereocenters. The molecule has 0 aromatic rings. The average Bonchev–Trinajstić information content (AvgIpc) is 2.70. The van der Waals surface area contributed by atoms with Gasteiger partial charge in [0.2, 0.25) is 0 Å². The molecular formula is C26H54Cl2Si. The molecule has 3 heteroatoms. The van der Waals surface area contributed by atoms with Crippen molar-refractivity contribution in [1.29, 1.82) is 0 Å². The molecule has 29 heavy (non-hydrogen) atoms. The summed E-state index contributed by atoms with van der Waals surface area (Å²) in [6, 6.07) is 2.23. The highest BCUT2D eigenvalue weighted by molar-refractivity contribution is 7.45. The van der Waals surface area contributed by atoms with Gasteiger partial charge in [0.05, 0.1) is 0 Å². The maximum atomic E-state index is 6.65. The zero-order valence-corrected chi connectivity index (χ0v) is 22.7. The van der Waals surface area contributed by atoms with Crippen molar-refractivity contribution in [2.24, 2.45) is 0 Å². The first-order chi connectivity index (χ1) is 14.1. The SMILES string of the molecule is CCCCCCCCCCCCCCCCCC[Si](Cl)(Cl)CCCCCCCC. The van der Waals surface area contributed by atoms with Crippen LogP contribution in [0.3, 0.4) is 0 Å². The van der Waals surface area contributed by atoms with Crippen molar-refractivity contribution in [2.45, 2.75) is 167 Å². The van der Waals surface area contributed by atoms with E-state index in [1.54, 1.807) is 0 Å². The normalized spacial score (nSPS) is 12.0. The van der Waals surface area contributed by atoms with Crippen LogP contribution in [0.2, 0.25) is 12.1 Å². The number of unbranched alkanes of at least 4 members (excludes halogenated alkanes) is 20. The fourth-order valence-electron chi connectivity index (χ4n) is 4.22. The topological polar surface area (TPSA) is 0 Å². The molecule has 0 aliphatic carbocycles. The lowest BCUT2D eigenvalue weighted by atomic mass is 10.0. The van der Waals surface area contributed by atoms with Crippen LogP contribution in [0, 0.1) is 0 Å². The highest BCUT2D eigenvalue weighted by atomic mass is 35.7. The van der Waals surface area contributed by atoms with Gasteiger partial charge in [0, 0.05) is 0 Å². The Morgan fingerprint density at radius 3 is 0.793 bits per heavy atom. The van der Waals surface area contributed by atoms with Crippen LogP contribution in [0.1, 0.15) is 155 Å². The van der Waals surface area contributed by atoms with E-state index in [0.717, 1.165) is 12.1 Å². The molecule has 0 saturated carbocycles. The third-order valence-corrected chi connectivity index (χ3v) is 10.7. The molecule has 0 N–H and O–H groups in total. The second kappa shape index (κ2) is 23.5. The first kappa shape index (κ1) is 29.8. The summed E-state index contributed by atoms with van der Waals surface area (Å²) in [5, 5.41) is 0. The summed E-state index contributed by atoms with van der Waals surface area (Å²) in [6.45, 7) is 2.63. The lowest BCUT2D eigenvalue weighted by Crippen LogP contribution is -2.18. The van der Waals surface area contributed by atoms with Crippen LogP contribution in [-0.4, -0.2) is 6.69 Å². The Bertz CT molecular complexity index is 307. The van der Waals surface area contributed by atoms with Crippen LogP contribution in [0.25, 0.3) is 0 Å². The molecule has 0 spiro atoms. The Morgan fingerprint density at radius 2 is 0.552 bits per heavy atom. The van der Waals surface area contributed by atoms with Crippen molar-refractivity contribution in [1.82, 2.24) is 0 Å². The molecule has 0 unspecified atom stereocenters. The van der Waals surface area contributed by atoms with E-state index in [1.165, 1.54) is 141 Å². The Kier molecular flexibility index (Phi) is 24.1. The van der Waals surface area contributed by atoms with Crippen LogP contribution in [0.4, 0.5) is 0 Å². The van der Waals surface area contributed by atoms with Gasteiger partial charge in [0.1, 0.15) is 0 Å². The van der Waals surface area contributed by atoms with Crippen molar-refractivity contribution in [3.05, 3.63) is 0 Å².